The SMILES string of the molecule is COc1ccc2nccc([C@H](N)CC[C@@H]3CCN(CCSc4nccs4)C[C@@H]3CC(=O)O)c2c1. The molecule has 1 aliphatic heterocycles. The Morgan fingerprint density at radius 3 is 2.97 bits per heavy atom. The molecule has 9 heteroatoms. The molecule has 3 heterocycles. The maximum Gasteiger partial charge on any atom is 0.303 e. The minimum absolute atomic E-state index is 0.129. The third kappa shape index (κ3) is 6.47. The van der Waals surface area contributed by atoms with Crippen molar-refractivity contribution in [3.63, 3.8) is 0 Å². The third-order valence-electron chi connectivity index (χ3n) is 6.69. The van der Waals surface area contributed by atoms with E-state index in [1.54, 1.807) is 36.4 Å². The number of carboxylic acids is 1. The number of nitrogens with zero attached hydrogens (tertiary/aromatic N) is 3. The quantitative estimate of drug-likeness (QED) is 0.366. The van der Waals surface area contributed by atoms with Gasteiger partial charge in [-0.25, -0.2) is 4.98 Å². The van der Waals surface area contributed by atoms with E-state index >= 15 is 0 Å². The van der Waals surface area contributed by atoms with Gasteiger partial charge in [0.2, 0.25) is 0 Å². The van der Waals surface area contributed by atoms with Crippen LogP contribution in [0.4, 0.5) is 0 Å². The molecule has 7 nitrogen and oxygen atoms in total. The number of nitrogens with two attached hydrogens (primary N) is 1. The van der Waals surface area contributed by atoms with Crippen LogP contribution in [0.15, 0.2) is 46.4 Å². The monoisotopic (exact) mass is 500 g/mol. The van der Waals surface area contributed by atoms with Crippen molar-refractivity contribution in [1.82, 2.24) is 14.9 Å². The number of thioether (sulfide) groups is 1. The molecule has 0 bridgehead atoms. The molecule has 1 aliphatic rings. The summed E-state index contributed by atoms with van der Waals surface area (Å²) in [6.45, 7) is 2.79. The zero-order valence-corrected chi connectivity index (χ0v) is 21.1. The van der Waals surface area contributed by atoms with Gasteiger partial charge in [0, 0.05) is 54.5 Å². The Morgan fingerprint density at radius 1 is 1.32 bits per heavy atom. The molecule has 0 aliphatic carbocycles. The van der Waals surface area contributed by atoms with E-state index in [1.807, 2.05) is 35.8 Å². The van der Waals surface area contributed by atoms with Gasteiger partial charge in [-0.15, -0.1) is 11.3 Å². The van der Waals surface area contributed by atoms with Crippen LogP contribution in [-0.4, -0.2) is 58.4 Å². The number of aromatic nitrogens is 2. The van der Waals surface area contributed by atoms with E-state index in [0.29, 0.717) is 5.92 Å². The number of piperidine rings is 1. The van der Waals surface area contributed by atoms with Gasteiger partial charge in [0.25, 0.3) is 0 Å². The van der Waals surface area contributed by atoms with Crippen LogP contribution < -0.4 is 10.5 Å². The Balaban J connectivity index is 1.35. The fourth-order valence-corrected chi connectivity index (χ4v) is 6.59. The van der Waals surface area contributed by atoms with Crippen molar-refractivity contribution in [2.24, 2.45) is 17.6 Å². The van der Waals surface area contributed by atoms with Crippen LogP contribution in [-0.2, 0) is 4.79 Å². The van der Waals surface area contributed by atoms with Crippen molar-refractivity contribution in [3.8, 4) is 5.75 Å². The molecule has 3 N–H and O–H groups in total. The lowest BCUT2D eigenvalue weighted by atomic mass is 9.79. The molecular weight excluding hydrogens is 468 g/mol. The number of ether oxygens (including phenoxy) is 1. The molecule has 0 amide bonds. The maximum absolute atomic E-state index is 11.6. The van der Waals surface area contributed by atoms with Crippen molar-refractivity contribution in [1.29, 1.82) is 0 Å². The predicted molar refractivity (Wildman–Crippen MR) is 138 cm³/mol. The molecule has 1 saturated heterocycles. The topological polar surface area (TPSA) is 102 Å². The molecule has 2 aromatic heterocycles. The Kier molecular flexibility index (Phi) is 8.77. The van der Waals surface area contributed by atoms with Gasteiger partial charge in [-0.2, -0.15) is 0 Å². The number of benzene rings is 1. The number of hydrogen-bond acceptors (Lipinski definition) is 8. The molecule has 0 spiro atoms. The first-order valence-corrected chi connectivity index (χ1v) is 13.5. The van der Waals surface area contributed by atoms with Gasteiger partial charge >= 0.3 is 5.97 Å². The average Bonchev–Trinajstić information content (AvgIpc) is 3.36. The number of likely N-dealkylation sites (tertiary alicyclic amines) is 1. The normalized spacial score (nSPS) is 19.8. The van der Waals surface area contributed by atoms with Crippen molar-refractivity contribution in [3.05, 3.63) is 47.6 Å². The standard InChI is InChI=1S/C25H32N4O3S2/c1-32-19-3-5-23-21(15-19)20(6-8-27-23)22(26)4-2-17-7-10-29(16-18(17)14-24(30)31)11-13-34-25-28-9-12-33-25/h3,5-6,8-9,12,15,17-18,22H,2,4,7,10-11,13-14,16,26H2,1H3,(H,30,31)/t17-,18+,22-/m1/s1. The molecule has 182 valence electrons. The van der Waals surface area contributed by atoms with Crippen LogP contribution >= 0.6 is 23.1 Å². The Bertz CT molecular complexity index is 1080. The molecule has 1 aromatic carbocycles. The molecule has 34 heavy (non-hydrogen) atoms. The van der Waals surface area contributed by atoms with Gasteiger partial charge in [0.1, 0.15) is 10.1 Å². The van der Waals surface area contributed by atoms with Crippen LogP contribution in [0.2, 0.25) is 0 Å². The number of thiazole rings is 1. The number of rotatable bonds is 11. The number of pyridine rings is 1. The Hall–Kier alpha value is -2.20. The fraction of sp³-hybridized carbons (Fsp3) is 0.480. The first-order chi connectivity index (χ1) is 16.5. The summed E-state index contributed by atoms with van der Waals surface area (Å²) < 4.78 is 6.48. The van der Waals surface area contributed by atoms with E-state index < -0.39 is 5.97 Å². The highest BCUT2D eigenvalue weighted by Gasteiger charge is 2.31. The summed E-state index contributed by atoms with van der Waals surface area (Å²) in [6, 6.07) is 7.72. The van der Waals surface area contributed by atoms with Gasteiger partial charge in [-0.05, 0) is 67.5 Å². The summed E-state index contributed by atoms with van der Waals surface area (Å²) in [4.78, 5) is 22.8. The van der Waals surface area contributed by atoms with E-state index in [-0.39, 0.29) is 18.4 Å². The zero-order valence-electron chi connectivity index (χ0n) is 19.4. The summed E-state index contributed by atoms with van der Waals surface area (Å²) in [5.41, 5.74) is 8.62. The molecule has 0 radical (unpaired) electrons. The second kappa shape index (κ2) is 12.0. The van der Waals surface area contributed by atoms with Crippen LogP contribution in [0, 0.1) is 11.8 Å². The van der Waals surface area contributed by atoms with Crippen LogP contribution in [0.5, 0.6) is 5.75 Å². The van der Waals surface area contributed by atoms with Gasteiger partial charge in [0.15, 0.2) is 0 Å². The molecule has 3 aromatic rings. The summed E-state index contributed by atoms with van der Waals surface area (Å²) in [5, 5.41) is 12.5. The lowest BCUT2D eigenvalue weighted by Crippen LogP contribution is -2.42. The summed E-state index contributed by atoms with van der Waals surface area (Å²) in [5.74, 6) is 1.56. The largest absolute Gasteiger partial charge is 0.497 e. The van der Waals surface area contributed by atoms with Crippen LogP contribution in [0.3, 0.4) is 0 Å². The second-order valence-corrected chi connectivity index (χ2v) is 11.1. The van der Waals surface area contributed by atoms with Gasteiger partial charge in [-0.3, -0.25) is 9.78 Å². The number of methoxy groups -OCH3 is 1. The first-order valence-electron chi connectivity index (χ1n) is 11.7. The number of fused-ring (bicyclic) bond motifs is 1. The lowest BCUT2D eigenvalue weighted by molar-refractivity contribution is -0.139. The lowest BCUT2D eigenvalue weighted by Gasteiger charge is -2.38. The first kappa shape index (κ1) is 24.9. The van der Waals surface area contributed by atoms with Crippen molar-refractivity contribution in [2.75, 3.05) is 32.5 Å². The van der Waals surface area contributed by atoms with E-state index in [1.165, 1.54) is 0 Å². The molecule has 3 atom stereocenters. The molecular formula is C25H32N4O3S2. The molecule has 4 rings (SSSR count). The number of carbonyl (C=O) groups is 1. The number of aliphatic carboxylic acids is 1. The van der Waals surface area contributed by atoms with Crippen molar-refractivity contribution >= 4 is 40.0 Å². The zero-order chi connectivity index (χ0) is 23.9. The van der Waals surface area contributed by atoms with E-state index in [9.17, 15) is 9.90 Å². The Morgan fingerprint density at radius 2 is 2.21 bits per heavy atom. The Labute approximate surface area is 208 Å². The maximum atomic E-state index is 11.6. The highest BCUT2D eigenvalue weighted by molar-refractivity contribution is 8.01. The smallest absolute Gasteiger partial charge is 0.303 e. The van der Waals surface area contributed by atoms with E-state index in [4.69, 9.17) is 10.5 Å². The minimum atomic E-state index is -0.717. The molecule has 0 unspecified atom stereocenters. The van der Waals surface area contributed by atoms with E-state index in [0.717, 1.165) is 71.2 Å². The average molecular weight is 501 g/mol. The molecule has 1 fully saturated rings. The summed E-state index contributed by atoms with van der Waals surface area (Å²) in [7, 11) is 1.66. The summed E-state index contributed by atoms with van der Waals surface area (Å²) >= 11 is 3.43. The third-order valence-corrected chi connectivity index (χ3v) is 8.63. The highest BCUT2D eigenvalue weighted by atomic mass is 32.2. The summed E-state index contributed by atoms with van der Waals surface area (Å²) in [6.07, 6.45) is 6.60. The van der Waals surface area contributed by atoms with E-state index in [2.05, 4.69) is 14.9 Å². The van der Waals surface area contributed by atoms with Crippen molar-refractivity contribution in [2.45, 2.75) is 36.1 Å². The minimum Gasteiger partial charge on any atom is -0.497 e. The fourth-order valence-electron chi connectivity index (χ4n) is 4.88. The van der Waals surface area contributed by atoms with Crippen LogP contribution in [0.1, 0.15) is 37.3 Å². The van der Waals surface area contributed by atoms with Crippen LogP contribution in [0.25, 0.3) is 10.9 Å². The second-order valence-electron chi connectivity index (χ2n) is 8.82. The highest BCUT2D eigenvalue weighted by Crippen LogP contribution is 2.34. The predicted octanol–water partition coefficient (Wildman–Crippen LogP) is 4.69. The van der Waals surface area contributed by atoms with Crippen molar-refractivity contribution < 1.29 is 14.6 Å². The van der Waals surface area contributed by atoms with Gasteiger partial charge in [-0.1, -0.05) is 11.8 Å². The number of hydrogen-bond donors (Lipinski definition) is 2. The van der Waals surface area contributed by atoms with Gasteiger partial charge in [0.05, 0.1) is 12.6 Å². The molecule has 0 saturated carbocycles. The van der Waals surface area contributed by atoms with Gasteiger partial charge < -0.3 is 20.5 Å². The number of carboxylic acid groups (broad SMARTS) is 1.